The van der Waals surface area contributed by atoms with Gasteiger partial charge in [-0.3, -0.25) is 57.5 Å². The molecule has 0 bridgehead atoms. The standard InChI is InChI=1S/C51H80N12O18/c1-7-26(5)40(48(77)54-21-37(68)55-32(51(80)81)19-28-13-10-9-11-14-28)61-46(75)34(24-66)58-43(72)30(16-17-38(69)70)56-47(76)35-15-12-18-63(35)50(79)41(27(6)8-2)62-44(73)31(20-36(53)67)57-45(74)33(23-65)59-49(78)39(25(3)4)60-42(71)29(52)22-64/h9-11,13-14,25-27,29-35,39-41,64-66H,7-8,12,15-24,52H2,1-6H3,(H2,53,67)(H,54,77)(H,55,68)(H,56,76)(H,57,74)(H,58,72)(H,59,78)(H,60,71)(H,61,75)(H,62,73)(H,69,70)(H,80,81)/t26-,27-,29-,30-,31-,32-,33-,34-,35-,39-,40-,41-/m0/s1. The van der Waals surface area contributed by atoms with Gasteiger partial charge in [0.05, 0.1) is 32.8 Å². The maximum Gasteiger partial charge on any atom is 0.326 e. The van der Waals surface area contributed by atoms with Gasteiger partial charge in [-0.05, 0) is 42.6 Å². The summed E-state index contributed by atoms with van der Waals surface area (Å²) < 4.78 is 0. The van der Waals surface area contributed by atoms with Crippen molar-refractivity contribution >= 4 is 76.9 Å². The number of carboxylic acid groups (broad SMARTS) is 2. The van der Waals surface area contributed by atoms with Crippen molar-refractivity contribution in [3.8, 4) is 0 Å². The summed E-state index contributed by atoms with van der Waals surface area (Å²) in [5.74, 6) is -15.6. The van der Waals surface area contributed by atoms with Gasteiger partial charge in [0, 0.05) is 19.4 Å². The van der Waals surface area contributed by atoms with Gasteiger partial charge in [0.25, 0.3) is 0 Å². The first kappa shape index (κ1) is 69.3. The number of aliphatic hydroxyl groups excluding tert-OH is 3. The third-order valence-electron chi connectivity index (χ3n) is 13.5. The van der Waals surface area contributed by atoms with Crippen LogP contribution in [-0.4, -0.2) is 201 Å². The minimum absolute atomic E-state index is 0.00640. The third-order valence-corrected chi connectivity index (χ3v) is 13.5. The highest BCUT2D eigenvalue weighted by atomic mass is 16.4. The first-order valence-electron chi connectivity index (χ1n) is 26.5. The zero-order valence-corrected chi connectivity index (χ0v) is 46.2. The van der Waals surface area contributed by atoms with Crippen molar-refractivity contribution in [3.05, 3.63) is 35.9 Å². The van der Waals surface area contributed by atoms with Crippen LogP contribution in [0.25, 0.3) is 0 Å². The van der Waals surface area contributed by atoms with Crippen molar-refractivity contribution in [2.75, 3.05) is 32.9 Å². The average Bonchev–Trinajstić information content (AvgIpc) is 4.00. The van der Waals surface area contributed by atoms with E-state index in [2.05, 4.69) is 47.9 Å². The molecule has 2 rings (SSSR count). The number of nitrogens with one attached hydrogen (secondary N) is 9. The summed E-state index contributed by atoms with van der Waals surface area (Å²) in [5, 5.41) is 69.9. The van der Waals surface area contributed by atoms with Crippen LogP contribution in [0.4, 0.5) is 0 Å². The maximum absolute atomic E-state index is 14.4. The van der Waals surface area contributed by atoms with E-state index >= 15 is 0 Å². The van der Waals surface area contributed by atoms with Crippen molar-refractivity contribution in [1.82, 2.24) is 52.8 Å². The topological polar surface area (TPSA) is 487 Å². The van der Waals surface area contributed by atoms with Crippen LogP contribution in [-0.2, 0) is 68.7 Å². The van der Waals surface area contributed by atoms with Crippen molar-refractivity contribution < 1.29 is 87.9 Å². The minimum Gasteiger partial charge on any atom is -0.481 e. The molecule has 12 atom stereocenters. The number of aliphatic carboxylic acids is 2. The Kier molecular flexibility index (Phi) is 29.4. The molecule has 81 heavy (non-hydrogen) atoms. The lowest BCUT2D eigenvalue weighted by atomic mass is 9.96. The number of benzene rings is 1. The number of aliphatic hydroxyl groups is 3. The van der Waals surface area contributed by atoms with Crippen LogP contribution in [0, 0.1) is 17.8 Å². The number of carbonyl (C=O) groups is 13. The molecule has 11 amide bonds. The van der Waals surface area contributed by atoms with E-state index in [4.69, 9.17) is 11.5 Å². The first-order chi connectivity index (χ1) is 38.1. The number of rotatable bonds is 35. The third kappa shape index (κ3) is 22.3. The number of hydrogen-bond donors (Lipinski definition) is 16. The molecule has 1 aliphatic rings. The molecule has 0 spiro atoms. The van der Waals surface area contributed by atoms with Crippen LogP contribution in [0.1, 0.15) is 92.1 Å². The monoisotopic (exact) mass is 1150 g/mol. The number of likely N-dealkylation sites (tertiary alicyclic amines) is 1. The van der Waals surface area contributed by atoms with Crippen LogP contribution < -0.4 is 59.3 Å². The van der Waals surface area contributed by atoms with E-state index in [1.807, 2.05) is 0 Å². The second kappa shape index (κ2) is 34.3. The normalized spacial score (nSPS) is 17.1. The molecule has 0 unspecified atom stereocenters. The van der Waals surface area contributed by atoms with Crippen LogP contribution >= 0.6 is 0 Å². The lowest BCUT2D eigenvalue weighted by Gasteiger charge is -2.33. The zero-order chi connectivity index (χ0) is 61.3. The van der Waals surface area contributed by atoms with Gasteiger partial charge in [0.1, 0.15) is 60.4 Å². The molecular formula is C51H80N12O18. The van der Waals surface area contributed by atoms with Crippen molar-refractivity contribution in [3.63, 3.8) is 0 Å². The van der Waals surface area contributed by atoms with Crippen molar-refractivity contribution in [2.24, 2.45) is 29.2 Å². The van der Waals surface area contributed by atoms with Crippen molar-refractivity contribution in [2.45, 2.75) is 153 Å². The average molecular weight is 1150 g/mol. The predicted molar refractivity (Wildman–Crippen MR) is 285 cm³/mol. The summed E-state index contributed by atoms with van der Waals surface area (Å²) in [6.45, 7) is 6.01. The van der Waals surface area contributed by atoms with Gasteiger partial charge in [-0.2, -0.15) is 0 Å². The summed E-state index contributed by atoms with van der Waals surface area (Å²) in [4.78, 5) is 172. The number of nitrogens with zero attached hydrogens (tertiary/aromatic N) is 1. The fourth-order valence-corrected chi connectivity index (χ4v) is 8.23. The Morgan fingerprint density at radius 2 is 1.12 bits per heavy atom. The van der Waals surface area contributed by atoms with Crippen molar-refractivity contribution in [1.29, 1.82) is 0 Å². The fraction of sp³-hybridized carbons (Fsp3) is 0.627. The van der Waals surface area contributed by atoms with E-state index < -0.39 is 201 Å². The SMILES string of the molecule is CC[C@H](C)[C@H](NC(=O)[C@H](CO)NC(=O)[C@H](CCC(=O)O)NC(=O)[C@@H]1CCCN1C(=O)[C@@H](NC(=O)[C@H](CC(N)=O)NC(=O)[C@H](CO)NC(=O)[C@@H](NC(=O)[C@@H](N)CO)C(C)C)[C@@H](C)CC)C(=O)NCC(=O)N[C@@H](Cc1ccccc1)C(=O)O. The number of carbonyl (C=O) groups excluding carboxylic acids is 11. The number of hydrogen-bond acceptors (Lipinski definition) is 17. The van der Waals surface area contributed by atoms with Crippen LogP contribution in [0.5, 0.6) is 0 Å². The smallest absolute Gasteiger partial charge is 0.326 e. The van der Waals surface area contributed by atoms with Gasteiger partial charge in [0.2, 0.25) is 65.0 Å². The fourth-order valence-electron chi connectivity index (χ4n) is 8.23. The molecule has 0 aromatic heterocycles. The highest BCUT2D eigenvalue weighted by Crippen LogP contribution is 2.22. The molecular weight excluding hydrogens is 1070 g/mol. The number of primary amides is 1. The lowest BCUT2D eigenvalue weighted by Crippen LogP contribution is -2.62. The molecule has 1 aromatic carbocycles. The summed E-state index contributed by atoms with van der Waals surface area (Å²) in [5.41, 5.74) is 11.6. The Bertz CT molecular complexity index is 2380. The van der Waals surface area contributed by atoms with Gasteiger partial charge in [-0.1, -0.05) is 84.7 Å². The van der Waals surface area contributed by atoms with Crippen LogP contribution in [0.3, 0.4) is 0 Å². The summed E-state index contributed by atoms with van der Waals surface area (Å²) in [6.07, 6.45) is -1.39. The molecule has 0 aliphatic carbocycles. The molecule has 30 heteroatoms. The van der Waals surface area contributed by atoms with Gasteiger partial charge in [-0.15, -0.1) is 0 Å². The zero-order valence-electron chi connectivity index (χ0n) is 46.2. The van der Waals surface area contributed by atoms with Gasteiger partial charge in [0.15, 0.2) is 0 Å². The van der Waals surface area contributed by atoms with Gasteiger partial charge < -0.3 is 89.8 Å². The minimum atomic E-state index is -1.80. The summed E-state index contributed by atoms with van der Waals surface area (Å²) in [7, 11) is 0. The molecule has 1 heterocycles. The van der Waals surface area contributed by atoms with E-state index in [0.717, 1.165) is 4.90 Å². The lowest BCUT2D eigenvalue weighted by molar-refractivity contribution is -0.144. The Morgan fingerprint density at radius 3 is 1.65 bits per heavy atom. The maximum atomic E-state index is 14.4. The van der Waals surface area contributed by atoms with Crippen LogP contribution in [0.15, 0.2) is 30.3 Å². The predicted octanol–water partition coefficient (Wildman–Crippen LogP) is -5.91. The number of carboxylic acids is 2. The van der Waals surface area contributed by atoms with E-state index in [9.17, 15) is 87.9 Å². The molecule has 0 saturated carbocycles. The quantitative estimate of drug-likeness (QED) is 0.0301. The summed E-state index contributed by atoms with van der Waals surface area (Å²) in [6, 6.07) is -6.78. The molecule has 1 saturated heterocycles. The number of nitrogens with two attached hydrogens (primary N) is 2. The molecule has 1 aromatic rings. The van der Waals surface area contributed by atoms with E-state index in [1.54, 1.807) is 71.9 Å². The second-order valence-electron chi connectivity index (χ2n) is 20.0. The van der Waals surface area contributed by atoms with E-state index in [-0.39, 0.29) is 32.2 Å². The second-order valence-corrected chi connectivity index (χ2v) is 20.0. The largest absolute Gasteiger partial charge is 0.481 e. The summed E-state index contributed by atoms with van der Waals surface area (Å²) >= 11 is 0. The van der Waals surface area contributed by atoms with Gasteiger partial charge in [-0.25, -0.2) is 4.79 Å². The Labute approximate surface area is 467 Å². The highest BCUT2D eigenvalue weighted by molar-refractivity contribution is 6.00. The first-order valence-corrected chi connectivity index (χ1v) is 26.5. The molecule has 0 radical (unpaired) electrons. The number of amides is 11. The van der Waals surface area contributed by atoms with Crippen LogP contribution in [0.2, 0.25) is 0 Å². The van der Waals surface area contributed by atoms with E-state index in [1.165, 1.54) is 0 Å². The molecule has 452 valence electrons. The van der Waals surface area contributed by atoms with Gasteiger partial charge >= 0.3 is 11.9 Å². The molecule has 1 fully saturated rings. The highest BCUT2D eigenvalue weighted by Gasteiger charge is 2.42. The molecule has 30 nitrogen and oxygen atoms in total. The Hall–Kier alpha value is -7.83. The molecule has 18 N–H and O–H groups in total. The molecule has 1 aliphatic heterocycles. The Balaban J connectivity index is 2.27. The van der Waals surface area contributed by atoms with E-state index in [0.29, 0.717) is 12.0 Å². The Morgan fingerprint density at radius 1 is 0.605 bits per heavy atom.